The fourth-order valence-electron chi connectivity index (χ4n) is 2.14. The van der Waals surface area contributed by atoms with Gasteiger partial charge in [-0.3, -0.25) is 0 Å². The van der Waals surface area contributed by atoms with Crippen molar-refractivity contribution < 1.29 is 14.6 Å². The molecule has 21 heavy (non-hydrogen) atoms. The molecule has 1 atom stereocenters. The summed E-state index contributed by atoms with van der Waals surface area (Å²) in [6.45, 7) is 6.88. The van der Waals surface area contributed by atoms with Crippen LogP contribution in [0.5, 0.6) is 0 Å². The van der Waals surface area contributed by atoms with Gasteiger partial charge in [-0.15, -0.1) is 0 Å². The second kappa shape index (κ2) is 9.28. The maximum atomic E-state index is 11.7. The van der Waals surface area contributed by atoms with Crippen molar-refractivity contribution in [3.8, 4) is 0 Å². The molecule has 0 spiro atoms. The first-order valence-electron chi connectivity index (χ1n) is 7.47. The SMILES string of the molecule is CCCC(CCO)CNc1ncc(C(=O)OCC)c(C)n1. The van der Waals surface area contributed by atoms with Crippen LogP contribution in [0.3, 0.4) is 0 Å². The highest BCUT2D eigenvalue weighted by Crippen LogP contribution is 2.13. The average molecular weight is 295 g/mol. The van der Waals surface area contributed by atoms with Crippen molar-refractivity contribution in [2.75, 3.05) is 25.1 Å². The molecular weight excluding hydrogens is 270 g/mol. The predicted molar refractivity (Wildman–Crippen MR) is 81.3 cm³/mol. The Bertz CT molecular complexity index is 446. The zero-order valence-corrected chi connectivity index (χ0v) is 13.1. The third-order valence-electron chi connectivity index (χ3n) is 3.26. The van der Waals surface area contributed by atoms with Crippen LogP contribution in [-0.2, 0) is 4.74 Å². The number of aliphatic hydroxyl groups excluding tert-OH is 1. The van der Waals surface area contributed by atoms with Gasteiger partial charge in [0.2, 0.25) is 5.95 Å². The molecule has 0 fully saturated rings. The lowest BCUT2D eigenvalue weighted by Crippen LogP contribution is -2.18. The van der Waals surface area contributed by atoms with Crippen LogP contribution >= 0.6 is 0 Å². The molecule has 0 aromatic carbocycles. The smallest absolute Gasteiger partial charge is 0.341 e. The molecule has 1 heterocycles. The van der Waals surface area contributed by atoms with Gasteiger partial charge in [-0.05, 0) is 32.6 Å². The molecule has 1 rings (SSSR count). The fourth-order valence-corrected chi connectivity index (χ4v) is 2.14. The van der Waals surface area contributed by atoms with Crippen molar-refractivity contribution in [2.45, 2.75) is 40.0 Å². The van der Waals surface area contributed by atoms with Crippen LogP contribution in [0.2, 0.25) is 0 Å². The molecule has 0 aliphatic heterocycles. The Morgan fingerprint density at radius 1 is 1.43 bits per heavy atom. The van der Waals surface area contributed by atoms with E-state index in [0.717, 1.165) is 19.3 Å². The van der Waals surface area contributed by atoms with E-state index < -0.39 is 5.97 Å². The maximum Gasteiger partial charge on any atom is 0.341 e. The van der Waals surface area contributed by atoms with Gasteiger partial charge in [-0.1, -0.05) is 13.3 Å². The van der Waals surface area contributed by atoms with Crippen molar-refractivity contribution in [2.24, 2.45) is 5.92 Å². The molecule has 0 amide bonds. The molecule has 1 aromatic heterocycles. The van der Waals surface area contributed by atoms with Crippen molar-refractivity contribution in [3.63, 3.8) is 0 Å². The Morgan fingerprint density at radius 3 is 2.76 bits per heavy atom. The van der Waals surface area contributed by atoms with E-state index >= 15 is 0 Å². The lowest BCUT2D eigenvalue weighted by molar-refractivity contribution is 0.0524. The number of aromatic nitrogens is 2. The minimum absolute atomic E-state index is 0.189. The largest absolute Gasteiger partial charge is 0.462 e. The van der Waals surface area contributed by atoms with Crippen LogP contribution in [0.15, 0.2) is 6.20 Å². The summed E-state index contributed by atoms with van der Waals surface area (Å²) in [5, 5.41) is 12.2. The highest BCUT2D eigenvalue weighted by atomic mass is 16.5. The van der Waals surface area contributed by atoms with E-state index in [1.165, 1.54) is 6.20 Å². The minimum atomic E-state index is -0.398. The number of hydrogen-bond donors (Lipinski definition) is 2. The second-order valence-electron chi connectivity index (χ2n) is 4.96. The second-order valence-corrected chi connectivity index (χ2v) is 4.96. The summed E-state index contributed by atoms with van der Waals surface area (Å²) in [6.07, 6.45) is 4.38. The van der Waals surface area contributed by atoms with Gasteiger partial charge in [0.05, 0.1) is 17.9 Å². The van der Waals surface area contributed by atoms with E-state index in [2.05, 4.69) is 22.2 Å². The molecule has 0 bridgehead atoms. The standard InChI is InChI=1S/C15H25N3O3/c1-4-6-12(7-8-19)9-16-15-17-10-13(11(3)18-15)14(20)21-5-2/h10,12,19H,4-9H2,1-3H3,(H,16,17,18). The summed E-state index contributed by atoms with van der Waals surface area (Å²) in [5.41, 5.74) is 0.989. The Morgan fingerprint density at radius 2 is 2.19 bits per heavy atom. The number of nitrogens with zero attached hydrogens (tertiary/aromatic N) is 2. The third kappa shape index (κ3) is 5.67. The van der Waals surface area contributed by atoms with Crippen molar-refractivity contribution >= 4 is 11.9 Å². The zero-order chi connectivity index (χ0) is 15.7. The fraction of sp³-hybridized carbons (Fsp3) is 0.667. The van der Waals surface area contributed by atoms with Gasteiger partial charge < -0.3 is 15.2 Å². The van der Waals surface area contributed by atoms with E-state index in [1.807, 2.05) is 0 Å². The molecule has 2 N–H and O–H groups in total. The van der Waals surface area contributed by atoms with Crippen LogP contribution in [0.1, 0.15) is 49.2 Å². The van der Waals surface area contributed by atoms with Gasteiger partial charge in [0.1, 0.15) is 0 Å². The molecule has 1 unspecified atom stereocenters. The minimum Gasteiger partial charge on any atom is -0.462 e. The third-order valence-corrected chi connectivity index (χ3v) is 3.26. The van der Waals surface area contributed by atoms with Crippen LogP contribution < -0.4 is 5.32 Å². The Labute approximate surface area is 126 Å². The Hall–Kier alpha value is -1.69. The molecular formula is C15H25N3O3. The van der Waals surface area contributed by atoms with Crippen LogP contribution in [0, 0.1) is 12.8 Å². The van der Waals surface area contributed by atoms with E-state index in [9.17, 15) is 4.79 Å². The molecule has 0 saturated carbocycles. The van der Waals surface area contributed by atoms with Crippen LogP contribution in [-0.4, -0.2) is 40.8 Å². The summed E-state index contributed by atoms with van der Waals surface area (Å²) in [6, 6.07) is 0. The molecule has 0 aliphatic rings. The Kier molecular flexibility index (Phi) is 7.68. The first kappa shape index (κ1) is 17.4. The van der Waals surface area contributed by atoms with Crippen LogP contribution in [0.4, 0.5) is 5.95 Å². The first-order chi connectivity index (χ1) is 10.1. The van der Waals surface area contributed by atoms with Crippen molar-refractivity contribution in [1.29, 1.82) is 0 Å². The number of carbonyl (C=O) groups is 1. The summed E-state index contributed by atoms with van der Waals surface area (Å²) >= 11 is 0. The highest BCUT2D eigenvalue weighted by Gasteiger charge is 2.13. The van der Waals surface area contributed by atoms with E-state index in [0.29, 0.717) is 36.3 Å². The zero-order valence-electron chi connectivity index (χ0n) is 13.1. The topological polar surface area (TPSA) is 84.3 Å². The molecule has 1 aromatic rings. The highest BCUT2D eigenvalue weighted by molar-refractivity contribution is 5.90. The van der Waals surface area contributed by atoms with Crippen molar-refractivity contribution in [3.05, 3.63) is 17.5 Å². The van der Waals surface area contributed by atoms with E-state index in [4.69, 9.17) is 9.84 Å². The molecule has 6 heteroatoms. The lowest BCUT2D eigenvalue weighted by atomic mass is 10.0. The summed E-state index contributed by atoms with van der Waals surface area (Å²) in [4.78, 5) is 20.1. The number of anilines is 1. The van der Waals surface area contributed by atoms with Gasteiger partial charge in [0.15, 0.2) is 0 Å². The number of carbonyl (C=O) groups excluding carboxylic acids is 1. The monoisotopic (exact) mass is 295 g/mol. The quantitative estimate of drug-likeness (QED) is 0.679. The molecule has 118 valence electrons. The van der Waals surface area contributed by atoms with Gasteiger partial charge >= 0.3 is 5.97 Å². The number of nitrogens with one attached hydrogen (secondary N) is 1. The average Bonchev–Trinajstić information content (AvgIpc) is 2.45. The van der Waals surface area contributed by atoms with Gasteiger partial charge in [-0.25, -0.2) is 14.8 Å². The summed E-state index contributed by atoms with van der Waals surface area (Å²) < 4.78 is 4.94. The predicted octanol–water partition coefficient (Wildman–Crippen LogP) is 2.17. The number of aliphatic hydroxyl groups is 1. The summed E-state index contributed by atoms with van der Waals surface area (Å²) in [7, 11) is 0. The normalized spacial score (nSPS) is 12.0. The number of ether oxygens (including phenoxy) is 1. The van der Waals surface area contributed by atoms with Gasteiger partial charge in [0.25, 0.3) is 0 Å². The number of aryl methyl sites for hydroxylation is 1. The van der Waals surface area contributed by atoms with Gasteiger partial charge in [-0.2, -0.15) is 0 Å². The summed E-state index contributed by atoms with van der Waals surface area (Å²) in [5.74, 6) is 0.499. The first-order valence-corrected chi connectivity index (χ1v) is 7.47. The lowest BCUT2D eigenvalue weighted by Gasteiger charge is -2.16. The van der Waals surface area contributed by atoms with Gasteiger partial charge in [0, 0.05) is 19.3 Å². The van der Waals surface area contributed by atoms with E-state index in [-0.39, 0.29) is 6.61 Å². The van der Waals surface area contributed by atoms with E-state index in [1.54, 1.807) is 13.8 Å². The van der Waals surface area contributed by atoms with Crippen molar-refractivity contribution in [1.82, 2.24) is 9.97 Å². The molecule has 0 saturated heterocycles. The number of hydrogen-bond acceptors (Lipinski definition) is 6. The Balaban J connectivity index is 2.64. The number of rotatable bonds is 9. The molecule has 0 radical (unpaired) electrons. The maximum absolute atomic E-state index is 11.7. The van der Waals surface area contributed by atoms with Crippen LogP contribution in [0.25, 0.3) is 0 Å². The molecule has 0 aliphatic carbocycles. The number of esters is 1. The molecule has 6 nitrogen and oxygen atoms in total.